The summed E-state index contributed by atoms with van der Waals surface area (Å²) >= 11 is 0. The zero-order chi connectivity index (χ0) is 14.8. The number of fused-ring (bicyclic) bond motifs is 3. The Balaban J connectivity index is 1.92. The van der Waals surface area contributed by atoms with Crippen LogP contribution < -0.4 is 5.32 Å². The van der Waals surface area contributed by atoms with Gasteiger partial charge in [0.1, 0.15) is 5.41 Å². The SMILES string of the molecule is Cn1c2c(c3ccccc31)CC1(CCC(=O)NC1=O)C2=O. The van der Waals surface area contributed by atoms with E-state index < -0.39 is 11.3 Å². The monoisotopic (exact) mass is 282 g/mol. The van der Waals surface area contributed by atoms with Gasteiger partial charge in [-0.15, -0.1) is 0 Å². The lowest BCUT2D eigenvalue weighted by Crippen LogP contribution is -2.52. The number of piperidine rings is 1. The topological polar surface area (TPSA) is 68.2 Å². The molecule has 1 fully saturated rings. The van der Waals surface area contributed by atoms with Crippen molar-refractivity contribution in [3.63, 3.8) is 0 Å². The maximum atomic E-state index is 12.9. The lowest BCUT2D eigenvalue weighted by atomic mass is 9.76. The number of Topliss-reactive ketones (excluding diaryl/α,β-unsaturated/α-hetero) is 1. The first-order valence-electron chi connectivity index (χ1n) is 7.00. The summed E-state index contributed by atoms with van der Waals surface area (Å²) in [5, 5.41) is 3.35. The van der Waals surface area contributed by atoms with Crippen LogP contribution in [0.2, 0.25) is 0 Å². The van der Waals surface area contributed by atoms with Crippen LogP contribution >= 0.6 is 0 Å². The molecule has 1 unspecified atom stereocenters. The van der Waals surface area contributed by atoms with Gasteiger partial charge in [0.25, 0.3) is 0 Å². The molecule has 0 saturated carbocycles. The minimum atomic E-state index is -1.08. The van der Waals surface area contributed by atoms with E-state index in [9.17, 15) is 14.4 Å². The average Bonchev–Trinajstić information content (AvgIpc) is 2.91. The molecule has 2 heterocycles. The predicted octanol–water partition coefficient (Wildman–Crippen LogP) is 1.34. The normalized spacial score (nSPS) is 24.7. The van der Waals surface area contributed by atoms with Crippen molar-refractivity contribution in [2.75, 3.05) is 0 Å². The Kier molecular flexibility index (Phi) is 2.24. The fourth-order valence-electron chi connectivity index (χ4n) is 3.68. The van der Waals surface area contributed by atoms with Gasteiger partial charge < -0.3 is 4.57 Å². The molecule has 1 N–H and O–H groups in total. The molecule has 106 valence electrons. The van der Waals surface area contributed by atoms with Gasteiger partial charge in [-0.05, 0) is 24.5 Å². The van der Waals surface area contributed by atoms with E-state index in [0.717, 1.165) is 16.5 Å². The average molecular weight is 282 g/mol. The van der Waals surface area contributed by atoms with Gasteiger partial charge in [0.15, 0.2) is 5.78 Å². The van der Waals surface area contributed by atoms with Crippen LogP contribution in [0.1, 0.15) is 28.9 Å². The third-order valence-electron chi connectivity index (χ3n) is 4.81. The van der Waals surface area contributed by atoms with Crippen molar-refractivity contribution in [3.8, 4) is 0 Å². The first-order chi connectivity index (χ1) is 10.0. The van der Waals surface area contributed by atoms with Gasteiger partial charge in [-0.25, -0.2) is 0 Å². The van der Waals surface area contributed by atoms with Crippen molar-refractivity contribution in [2.24, 2.45) is 12.5 Å². The summed E-state index contributed by atoms with van der Waals surface area (Å²) in [6.07, 6.45) is 0.921. The van der Waals surface area contributed by atoms with Crippen LogP contribution in [0, 0.1) is 5.41 Å². The van der Waals surface area contributed by atoms with E-state index in [-0.39, 0.29) is 18.1 Å². The first kappa shape index (κ1) is 12.3. The Morgan fingerprint density at radius 1 is 1.19 bits per heavy atom. The number of rotatable bonds is 0. The summed E-state index contributed by atoms with van der Waals surface area (Å²) in [6, 6.07) is 7.82. The van der Waals surface area contributed by atoms with E-state index >= 15 is 0 Å². The number of carbonyl (C=O) groups excluding carboxylic acids is 3. The highest BCUT2D eigenvalue weighted by atomic mass is 16.2. The van der Waals surface area contributed by atoms with Crippen LogP contribution in [0.3, 0.4) is 0 Å². The number of aryl methyl sites for hydroxylation is 1. The molecule has 1 atom stereocenters. The predicted molar refractivity (Wildman–Crippen MR) is 75.8 cm³/mol. The smallest absolute Gasteiger partial charge is 0.241 e. The third-order valence-corrected chi connectivity index (χ3v) is 4.81. The Bertz CT molecular complexity index is 833. The summed E-state index contributed by atoms with van der Waals surface area (Å²) in [6.45, 7) is 0. The van der Waals surface area contributed by atoms with Crippen LogP contribution in [-0.2, 0) is 23.1 Å². The number of amides is 2. The highest BCUT2D eigenvalue weighted by Gasteiger charge is 2.55. The van der Waals surface area contributed by atoms with E-state index in [2.05, 4.69) is 5.32 Å². The van der Waals surface area contributed by atoms with Gasteiger partial charge in [-0.2, -0.15) is 0 Å². The van der Waals surface area contributed by atoms with Crippen LogP contribution in [0.5, 0.6) is 0 Å². The molecule has 1 aromatic heterocycles. The molecular weight excluding hydrogens is 268 g/mol. The summed E-state index contributed by atoms with van der Waals surface area (Å²) in [4.78, 5) is 36.5. The number of hydrogen-bond donors (Lipinski definition) is 1. The number of nitrogens with one attached hydrogen (secondary N) is 1. The van der Waals surface area contributed by atoms with Crippen molar-refractivity contribution in [3.05, 3.63) is 35.5 Å². The fourth-order valence-corrected chi connectivity index (χ4v) is 3.68. The zero-order valence-corrected chi connectivity index (χ0v) is 11.6. The lowest BCUT2D eigenvalue weighted by Gasteiger charge is -2.29. The van der Waals surface area contributed by atoms with Gasteiger partial charge in [-0.3, -0.25) is 19.7 Å². The summed E-state index contributed by atoms with van der Waals surface area (Å²) < 4.78 is 1.87. The number of hydrogen-bond acceptors (Lipinski definition) is 3. The van der Waals surface area contributed by atoms with Crippen LogP contribution in [0.25, 0.3) is 10.9 Å². The molecule has 1 spiro atoms. The minimum Gasteiger partial charge on any atom is -0.341 e. The number of imide groups is 1. The zero-order valence-electron chi connectivity index (χ0n) is 11.6. The Hall–Kier alpha value is -2.43. The number of nitrogens with zero attached hydrogens (tertiary/aromatic N) is 1. The standard InChI is InChI=1S/C16H14N2O3/c1-18-11-5-3-2-4-9(11)10-8-16(14(20)13(10)18)7-6-12(19)17-15(16)21/h2-5H,6-8H2,1H3,(H,17,19,21). The second-order valence-electron chi connectivity index (χ2n) is 5.87. The molecular formula is C16H14N2O3. The van der Waals surface area contributed by atoms with Gasteiger partial charge in [-0.1, -0.05) is 18.2 Å². The maximum Gasteiger partial charge on any atom is 0.241 e. The van der Waals surface area contributed by atoms with Gasteiger partial charge in [0, 0.05) is 24.4 Å². The van der Waals surface area contributed by atoms with E-state index in [4.69, 9.17) is 0 Å². The molecule has 1 aliphatic heterocycles. The van der Waals surface area contributed by atoms with E-state index in [1.54, 1.807) is 0 Å². The van der Waals surface area contributed by atoms with Crippen molar-refractivity contribution >= 4 is 28.5 Å². The molecule has 1 aliphatic carbocycles. The van der Waals surface area contributed by atoms with Crippen LogP contribution in [0.4, 0.5) is 0 Å². The summed E-state index contributed by atoms with van der Waals surface area (Å²) in [5.41, 5.74) is 1.46. The molecule has 2 amide bonds. The molecule has 0 bridgehead atoms. The van der Waals surface area contributed by atoms with Crippen LogP contribution in [-0.4, -0.2) is 22.2 Å². The largest absolute Gasteiger partial charge is 0.341 e. The van der Waals surface area contributed by atoms with Gasteiger partial charge >= 0.3 is 0 Å². The Morgan fingerprint density at radius 3 is 2.71 bits per heavy atom. The molecule has 1 saturated heterocycles. The Labute approximate surface area is 120 Å². The molecule has 0 radical (unpaired) electrons. The minimum absolute atomic E-state index is 0.152. The molecule has 1 aromatic carbocycles. The van der Waals surface area contributed by atoms with Crippen LogP contribution in [0.15, 0.2) is 24.3 Å². The molecule has 2 aliphatic rings. The van der Waals surface area contributed by atoms with E-state index in [0.29, 0.717) is 18.5 Å². The molecule has 5 heteroatoms. The molecule has 5 nitrogen and oxygen atoms in total. The summed E-state index contributed by atoms with van der Waals surface area (Å²) in [7, 11) is 1.85. The maximum absolute atomic E-state index is 12.9. The lowest BCUT2D eigenvalue weighted by molar-refractivity contribution is -0.139. The highest BCUT2D eigenvalue weighted by Crippen LogP contribution is 2.45. The molecule has 21 heavy (non-hydrogen) atoms. The quantitative estimate of drug-likeness (QED) is 0.585. The number of para-hydroxylation sites is 1. The first-order valence-corrected chi connectivity index (χ1v) is 7.00. The van der Waals surface area contributed by atoms with E-state index in [1.165, 1.54) is 0 Å². The fraction of sp³-hybridized carbons (Fsp3) is 0.312. The van der Waals surface area contributed by atoms with Crippen molar-refractivity contribution in [1.29, 1.82) is 0 Å². The Morgan fingerprint density at radius 2 is 1.95 bits per heavy atom. The second-order valence-corrected chi connectivity index (χ2v) is 5.87. The summed E-state index contributed by atoms with van der Waals surface area (Å²) in [5.74, 6) is -0.885. The molecule has 2 aromatic rings. The van der Waals surface area contributed by atoms with Gasteiger partial charge in [0.2, 0.25) is 11.8 Å². The van der Waals surface area contributed by atoms with Crippen molar-refractivity contribution in [1.82, 2.24) is 9.88 Å². The number of aromatic nitrogens is 1. The van der Waals surface area contributed by atoms with Gasteiger partial charge in [0.05, 0.1) is 5.69 Å². The second kappa shape index (κ2) is 3.81. The highest BCUT2D eigenvalue weighted by molar-refractivity contribution is 6.22. The number of ketones is 1. The molecule has 4 rings (SSSR count). The van der Waals surface area contributed by atoms with Crippen molar-refractivity contribution in [2.45, 2.75) is 19.3 Å². The van der Waals surface area contributed by atoms with Crippen molar-refractivity contribution < 1.29 is 14.4 Å². The van der Waals surface area contributed by atoms with E-state index in [1.807, 2.05) is 35.9 Å². The number of benzene rings is 1. The third kappa shape index (κ3) is 1.38. The number of carbonyl (C=O) groups is 3.